The molecule has 0 aliphatic carbocycles. The van der Waals surface area contributed by atoms with Crippen LogP contribution in [0.4, 0.5) is 5.82 Å². The number of hydrogen-bond acceptors (Lipinski definition) is 4. The summed E-state index contributed by atoms with van der Waals surface area (Å²) in [6.07, 6.45) is 4.32. The Morgan fingerprint density at radius 3 is 2.83 bits per heavy atom. The summed E-state index contributed by atoms with van der Waals surface area (Å²) in [5.74, 6) is 0.853. The van der Waals surface area contributed by atoms with Gasteiger partial charge in [0.15, 0.2) is 0 Å². The van der Waals surface area contributed by atoms with Crippen LogP contribution in [0.25, 0.3) is 0 Å². The van der Waals surface area contributed by atoms with Crippen LogP contribution in [0.2, 0.25) is 0 Å². The number of aryl methyl sites for hydroxylation is 1. The quantitative estimate of drug-likeness (QED) is 0.641. The standard InChI is InChI=1S/C8H14N4/c1-7-8(11-4-2-3-9)12-6-5-10-7/h5-6H,2-4,9H2,1H3,(H,11,12). The predicted octanol–water partition coefficient (Wildman–Crippen LogP) is 0.546. The van der Waals surface area contributed by atoms with Gasteiger partial charge in [-0.05, 0) is 19.9 Å². The van der Waals surface area contributed by atoms with Crippen molar-refractivity contribution in [3.05, 3.63) is 18.1 Å². The summed E-state index contributed by atoms with van der Waals surface area (Å²) in [6.45, 7) is 3.49. The molecule has 1 heterocycles. The maximum Gasteiger partial charge on any atom is 0.147 e. The van der Waals surface area contributed by atoms with E-state index in [1.807, 2.05) is 6.92 Å². The van der Waals surface area contributed by atoms with Gasteiger partial charge < -0.3 is 11.1 Å². The zero-order valence-electron chi connectivity index (χ0n) is 7.25. The number of nitrogens with two attached hydrogens (primary N) is 1. The third kappa shape index (κ3) is 2.47. The molecule has 0 atom stereocenters. The van der Waals surface area contributed by atoms with Gasteiger partial charge in [0, 0.05) is 18.9 Å². The molecule has 0 bridgehead atoms. The van der Waals surface area contributed by atoms with Crippen LogP contribution < -0.4 is 11.1 Å². The maximum absolute atomic E-state index is 5.35. The lowest BCUT2D eigenvalue weighted by Crippen LogP contribution is -2.10. The van der Waals surface area contributed by atoms with Crippen LogP contribution in [0.15, 0.2) is 12.4 Å². The van der Waals surface area contributed by atoms with Crippen LogP contribution in [0.1, 0.15) is 12.1 Å². The molecule has 4 nitrogen and oxygen atoms in total. The normalized spacial score (nSPS) is 9.83. The van der Waals surface area contributed by atoms with Crippen molar-refractivity contribution in [2.24, 2.45) is 5.73 Å². The second kappa shape index (κ2) is 4.66. The molecule has 0 aliphatic heterocycles. The van der Waals surface area contributed by atoms with E-state index in [2.05, 4.69) is 15.3 Å². The van der Waals surface area contributed by atoms with Crippen molar-refractivity contribution in [2.75, 3.05) is 18.4 Å². The van der Waals surface area contributed by atoms with E-state index in [1.54, 1.807) is 12.4 Å². The molecule has 1 aromatic heterocycles. The van der Waals surface area contributed by atoms with Crippen LogP contribution >= 0.6 is 0 Å². The van der Waals surface area contributed by atoms with Gasteiger partial charge in [-0.2, -0.15) is 0 Å². The van der Waals surface area contributed by atoms with E-state index < -0.39 is 0 Å². The number of hydrogen-bond donors (Lipinski definition) is 2. The highest BCUT2D eigenvalue weighted by Gasteiger charge is 1.96. The largest absolute Gasteiger partial charge is 0.369 e. The Hall–Kier alpha value is -1.16. The van der Waals surface area contributed by atoms with Crippen molar-refractivity contribution < 1.29 is 0 Å². The van der Waals surface area contributed by atoms with E-state index in [1.165, 1.54) is 0 Å². The number of anilines is 1. The lowest BCUT2D eigenvalue weighted by molar-refractivity contribution is 0.866. The van der Waals surface area contributed by atoms with Crippen LogP contribution in [-0.4, -0.2) is 23.1 Å². The maximum atomic E-state index is 5.35. The van der Waals surface area contributed by atoms with Gasteiger partial charge in [0.05, 0.1) is 5.69 Å². The van der Waals surface area contributed by atoms with Crippen molar-refractivity contribution in [3.63, 3.8) is 0 Å². The van der Waals surface area contributed by atoms with Crippen LogP contribution in [0.3, 0.4) is 0 Å². The fourth-order valence-electron chi connectivity index (χ4n) is 0.890. The van der Waals surface area contributed by atoms with Gasteiger partial charge in [0.2, 0.25) is 0 Å². The van der Waals surface area contributed by atoms with Gasteiger partial charge in [-0.3, -0.25) is 4.98 Å². The molecule has 4 heteroatoms. The molecule has 0 aromatic carbocycles. The molecule has 1 aromatic rings. The Bertz CT molecular complexity index is 236. The second-order valence-corrected chi connectivity index (χ2v) is 2.56. The van der Waals surface area contributed by atoms with Crippen molar-refractivity contribution in [1.82, 2.24) is 9.97 Å². The average Bonchev–Trinajstić information content (AvgIpc) is 2.09. The molecule has 0 unspecified atom stereocenters. The van der Waals surface area contributed by atoms with Crippen LogP contribution in [0.5, 0.6) is 0 Å². The smallest absolute Gasteiger partial charge is 0.147 e. The summed E-state index contributed by atoms with van der Waals surface area (Å²) in [5.41, 5.74) is 6.28. The van der Waals surface area contributed by atoms with Gasteiger partial charge >= 0.3 is 0 Å². The minimum Gasteiger partial charge on any atom is -0.369 e. The molecular weight excluding hydrogens is 152 g/mol. The minimum atomic E-state index is 0.701. The summed E-state index contributed by atoms with van der Waals surface area (Å²) < 4.78 is 0. The van der Waals surface area contributed by atoms with E-state index in [-0.39, 0.29) is 0 Å². The fourth-order valence-corrected chi connectivity index (χ4v) is 0.890. The van der Waals surface area contributed by atoms with E-state index >= 15 is 0 Å². The van der Waals surface area contributed by atoms with Crippen LogP contribution in [-0.2, 0) is 0 Å². The number of nitrogens with zero attached hydrogens (tertiary/aromatic N) is 2. The SMILES string of the molecule is Cc1nccnc1NCCCN. The topological polar surface area (TPSA) is 63.8 Å². The molecule has 0 saturated heterocycles. The first kappa shape index (κ1) is 8.93. The molecule has 12 heavy (non-hydrogen) atoms. The molecule has 0 saturated carbocycles. The summed E-state index contributed by atoms with van der Waals surface area (Å²) in [7, 11) is 0. The van der Waals surface area contributed by atoms with Gasteiger partial charge in [0.25, 0.3) is 0 Å². The predicted molar refractivity (Wildman–Crippen MR) is 48.9 cm³/mol. The number of rotatable bonds is 4. The van der Waals surface area contributed by atoms with Crippen LogP contribution in [0, 0.1) is 6.92 Å². The highest BCUT2D eigenvalue weighted by atomic mass is 15.0. The summed E-state index contributed by atoms with van der Waals surface area (Å²) >= 11 is 0. The molecule has 0 radical (unpaired) electrons. The van der Waals surface area contributed by atoms with Gasteiger partial charge in [-0.25, -0.2) is 4.98 Å². The minimum absolute atomic E-state index is 0.701. The number of aromatic nitrogens is 2. The van der Waals surface area contributed by atoms with Crippen molar-refractivity contribution in [1.29, 1.82) is 0 Å². The lowest BCUT2D eigenvalue weighted by atomic mass is 10.4. The molecule has 3 N–H and O–H groups in total. The Morgan fingerprint density at radius 1 is 1.42 bits per heavy atom. The van der Waals surface area contributed by atoms with Gasteiger partial charge in [-0.1, -0.05) is 0 Å². The fraction of sp³-hybridized carbons (Fsp3) is 0.500. The van der Waals surface area contributed by atoms with E-state index in [9.17, 15) is 0 Å². The lowest BCUT2D eigenvalue weighted by Gasteiger charge is -2.05. The Morgan fingerprint density at radius 2 is 2.17 bits per heavy atom. The summed E-state index contributed by atoms with van der Waals surface area (Å²) in [5, 5.41) is 3.16. The molecule has 0 amide bonds. The molecule has 0 aliphatic rings. The third-order valence-electron chi connectivity index (χ3n) is 1.55. The second-order valence-electron chi connectivity index (χ2n) is 2.56. The zero-order valence-corrected chi connectivity index (χ0v) is 7.25. The highest BCUT2D eigenvalue weighted by Crippen LogP contribution is 2.04. The summed E-state index contributed by atoms with van der Waals surface area (Å²) in [4.78, 5) is 8.24. The Labute approximate surface area is 72.2 Å². The zero-order chi connectivity index (χ0) is 8.81. The molecule has 0 fully saturated rings. The number of nitrogens with one attached hydrogen (secondary N) is 1. The Balaban J connectivity index is 2.46. The van der Waals surface area contributed by atoms with E-state index in [0.717, 1.165) is 24.5 Å². The Kier molecular flexibility index (Phi) is 3.47. The first-order valence-electron chi connectivity index (χ1n) is 4.06. The van der Waals surface area contributed by atoms with Crippen molar-refractivity contribution in [2.45, 2.75) is 13.3 Å². The molecule has 1 rings (SSSR count). The first-order chi connectivity index (χ1) is 5.84. The molecule has 66 valence electrons. The third-order valence-corrected chi connectivity index (χ3v) is 1.55. The molecule has 0 spiro atoms. The van der Waals surface area contributed by atoms with Gasteiger partial charge in [-0.15, -0.1) is 0 Å². The summed E-state index contributed by atoms with van der Waals surface area (Å²) in [6, 6.07) is 0. The molecular formula is C8H14N4. The first-order valence-corrected chi connectivity index (χ1v) is 4.06. The van der Waals surface area contributed by atoms with Crippen molar-refractivity contribution >= 4 is 5.82 Å². The average molecular weight is 166 g/mol. The monoisotopic (exact) mass is 166 g/mol. The van der Waals surface area contributed by atoms with Crippen molar-refractivity contribution in [3.8, 4) is 0 Å². The van der Waals surface area contributed by atoms with Gasteiger partial charge in [0.1, 0.15) is 5.82 Å². The highest BCUT2D eigenvalue weighted by molar-refractivity contribution is 5.37. The van der Waals surface area contributed by atoms with E-state index in [0.29, 0.717) is 6.54 Å². The van der Waals surface area contributed by atoms with E-state index in [4.69, 9.17) is 5.73 Å².